The minimum Gasteiger partial charge on any atom is -0.462 e. The Labute approximate surface area is 176 Å². The van der Waals surface area contributed by atoms with Gasteiger partial charge in [0.2, 0.25) is 11.8 Å². The number of hydrogen-bond donors (Lipinski definition) is 0. The number of amides is 1. The molecule has 0 bridgehead atoms. The first-order valence-corrected chi connectivity index (χ1v) is 10.6. The Morgan fingerprint density at radius 2 is 2.00 bits per heavy atom. The zero-order valence-corrected chi connectivity index (χ0v) is 17.7. The van der Waals surface area contributed by atoms with E-state index in [1.807, 2.05) is 11.0 Å². The topological polar surface area (TPSA) is 102 Å². The highest BCUT2D eigenvalue weighted by Crippen LogP contribution is 2.16. The van der Waals surface area contributed by atoms with Crippen LogP contribution < -0.4 is 4.90 Å². The van der Waals surface area contributed by atoms with Crippen molar-refractivity contribution in [3.63, 3.8) is 0 Å². The van der Waals surface area contributed by atoms with Crippen molar-refractivity contribution in [2.24, 2.45) is 0 Å². The van der Waals surface area contributed by atoms with Crippen LogP contribution in [0.5, 0.6) is 0 Å². The summed E-state index contributed by atoms with van der Waals surface area (Å²) in [6, 6.07) is 3.55. The molecular formula is C21H29N5O4. The third-order valence-corrected chi connectivity index (χ3v) is 4.97. The van der Waals surface area contributed by atoms with Crippen LogP contribution in [0.2, 0.25) is 0 Å². The number of nitrogens with zero attached hydrogens (tertiary/aromatic N) is 5. The number of ether oxygens (including phenoxy) is 1. The Morgan fingerprint density at radius 3 is 2.73 bits per heavy atom. The fraction of sp³-hybridized carbons (Fsp3) is 0.571. The number of pyridine rings is 1. The van der Waals surface area contributed by atoms with Gasteiger partial charge in [-0.25, -0.2) is 9.78 Å². The lowest BCUT2D eigenvalue weighted by Crippen LogP contribution is -2.35. The monoisotopic (exact) mass is 415 g/mol. The Morgan fingerprint density at radius 1 is 1.13 bits per heavy atom. The van der Waals surface area contributed by atoms with Gasteiger partial charge in [-0.15, -0.1) is 0 Å². The second-order valence-corrected chi connectivity index (χ2v) is 7.20. The normalized spacial score (nSPS) is 14.5. The zero-order chi connectivity index (χ0) is 21.3. The van der Waals surface area contributed by atoms with Crippen LogP contribution in [0.4, 0.5) is 5.82 Å². The number of anilines is 1. The summed E-state index contributed by atoms with van der Waals surface area (Å²) in [6.07, 6.45) is 4.97. The van der Waals surface area contributed by atoms with Crippen molar-refractivity contribution in [3.8, 4) is 0 Å². The van der Waals surface area contributed by atoms with Crippen LogP contribution in [0, 0.1) is 0 Å². The summed E-state index contributed by atoms with van der Waals surface area (Å²) in [6.45, 7) is 7.01. The van der Waals surface area contributed by atoms with Crippen molar-refractivity contribution in [2.75, 3.05) is 37.7 Å². The van der Waals surface area contributed by atoms with Crippen molar-refractivity contribution in [1.82, 2.24) is 20.0 Å². The maximum Gasteiger partial charge on any atom is 0.339 e. The summed E-state index contributed by atoms with van der Waals surface area (Å²) in [4.78, 5) is 37.1. The summed E-state index contributed by atoms with van der Waals surface area (Å²) in [5.41, 5.74) is 0.440. The van der Waals surface area contributed by atoms with Crippen molar-refractivity contribution < 1.29 is 18.8 Å². The number of rotatable bonds is 8. The van der Waals surface area contributed by atoms with Crippen LogP contribution in [-0.4, -0.2) is 64.7 Å². The molecule has 1 aliphatic rings. The molecule has 1 aliphatic heterocycles. The molecule has 0 aliphatic carbocycles. The van der Waals surface area contributed by atoms with E-state index in [0.29, 0.717) is 56.4 Å². The van der Waals surface area contributed by atoms with E-state index >= 15 is 0 Å². The fourth-order valence-corrected chi connectivity index (χ4v) is 3.39. The molecule has 1 saturated heterocycles. The summed E-state index contributed by atoms with van der Waals surface area (Å²) in [5, 5.41) is 3.93. The molecule has 30 heavy (non-hydrogen) atoms. The van der Waals surface area contributed by atoms with E-state index in [1.165, 1.54) is 0 Å². The lowest BCUT2D eigenvalue weighted by molar-refractivity contribution is -0.131. The number of aryl methyl sites for hydroxylation is 2. The molecule has 0 spiro atoms. The minimum absolute atomic E-state index is 0.0951. The summed E-state index contributed by atoms with van der Waals surface area (Å²) >= 11 is 0. The van der Waals surface area contributed by atoms with Gasteiger partial charge < -0.3 is 19.1 Å². The first kappa shape index (κ1) is 21.7. The Balaban J connectivity index is 1.50. The van der Waals surface area contributed by atoms with Gasteiger partial charge in [-0.2, -0.15) is 4.98 Å². The standard InChI is InChI=1S/C21H29N5O4/c1-3-6-17-23-19(30-24-17)9-10-20(27)26-12-5-11-25(13-14-26)18-8-7-16(15-22-18)21(28)29-4-2/h7-8,15H,3-6,9-14H2,1-2H3. The van der Waals surface area contributed by atoms with Crippen LogP contribution in [0.15, 0.2) is 22.9 Å². The molecule has 2 aromatic heterocycles. The molecule has 1 amide bonds. The third-order valence-electron chi connectivity index (χ3n) is 4.97. The van der Waals surface area contributed by atoms with Crippen molar-refractivity contribution >= 4 is 17.7 Å². The van der Waals surface area contributed by atoms with Crippen LogP contribution in [-0.2, 0) is 22.4 Å². The Hall–Kier alpha value is -2.97. The number of esters is 1. The van der Waals surface area contributed by atoms with E-state index in [9.17, 15) is 9.59 Å². The number of carbonyl (C=O) groups is 2. The van der Waals surface area contributed by atoms with Gasteiger partial charge in [0.1, 0.15) is 5.82 Å². The average Bonchev–Trinajstić information content (AvgIpc) is 3.05. The molecule has 2 aromatic rings. The van der Waals surface area contributed by atoms with Crippen LogP contribution in [0.3, 0.4) is 0 Å². The highest BCUT2D eigenvalue weighted by atomic mass is 16.5. The first-order chi connectivity index (χ1) is 14.6. The molecule has 162 valence electrons. The molecule has 0 saturated carbocycles. The Bertz CT molecular complexity index is 836. The smallest absolute Gasteiger partial charge is 0.339 e. The molecule has 9 heteroatoms. The van der Waals surface area contributed by atoms with Gasteiger partial charge in [0, 0.05) is 51.6 Å². The van der Waals surface area contributed by atoms with Gasteiger partial charge in [-0.05, 0) is 31.9 Å². The highest BCUT2D eigenvalue weighted by molar-refractivity contribution is 5.89. The molecule has 0 unspecified atom stereocenters. The molecule has 3 heterocycles. The summed E-state index contributed by atoms with van der Waals surface area (Å²) in [7, 11) is 0. The SMILES string of the molecule is CCCc1noc(CCC(=O)N2CCCN(c3ccc(C(=O)OCC)cn3)CC2)n1. The minimum atomic E-state index is -0.368. The van der Waals surface area contributed by atoms with E-state index in [-0.39, 0.29) is 11.9 Å². The largest absolute Gasteiger partial charge is 0.462 e. The van der Waals surface area contributed by atoms with Crippen LogP contribution >= 0.6 is 0 Å². The van der Waals surface area contributed by atoms with E-state index in [4.69, 9.17) is 9.26 Å². The average molecular weight is 415 g/mol. The Kier molecular flexibility index (Phi) is 7.75. The van der Waals surface area contributed by atoms with Gasteiger partial charge in [0.25, 0.3) is 0 Å². The maximum atomic E-state index is 12.6. The van der Waals surface area contributed by atoms with Crippen molar-refractivity contribution in [1.29, 1.82) is 0 Å². The number of carbonyl (C=O) groups excluding carboxylic acids is 2. The van der Waals surface area contributed by atoms with Crippen LogP contribution in [0.25, 0.3) is 0 Å². The van der Waals surface area contributed by atoms with E-state index < -0.39 is 0 Å². The van der Waals surface area contributed by atoms with E-state index in [2.05, 4.69) is 26.9 Å². The second-order valence-electron chi connectivity index (χ2n) is 7.20. The van der Waals surface area contributed by atoms with Crippen molar-refractivity contribution in [2.45, 2.75) is 46.0 Å². The van der Waals surface area contributed by atoms with E-state index in [0.717, 1.165) is 31.6 Å². The van der Waals surface area contributed by atoms with Gasteiger partial charge in [-0.3, -0.25) is 4.79 Å². The molecule has 0 N–H and O–H groups in total. The summed E-state index contributed by atoms with van der Waals surface area (Å²) in [5.74, 6) is 1.75. The summed E-state index contributed by atoms with van der Waals surface area (Å²) < 4.78 is 10.2. The molecular weight excluding hydrogens is 386 g/mol. The maximum absolute atomic E-state index is 12.6. The van der Waals surface area contributed by atoms with E-state index in [1.54, 1.807) is 19.2 Å². The molecule has 0 aromatic carbocycles. The lowest BCUT2D eigenvalue weighted by atomic mass is 10.2. The molecule has 9 nitrogen and oxygen atoms in total. The van der Waals surface area contributed by atoms with Gasteiger partial charge in [0.15, 0.2) is 5.82 Å². The number of hydrogen-bond acceptors (Lipinski definition) is 8. The lowest BCUT2D eigenvalue weighted by Gasteiger charge is -2.23. The number of aromatic nitrogens is 3. The molecule has 1 fully saturated rings. The van der Waals surface area contributed by atoms with Gasteiger partial charge in [0.05, 0.1) is 12.2 Å². The predicted molar refractivity (Wildman–Crippen MR) is 110 cm³/mol. The molecule has 0 atom stereocenters. The highest BCUT2D eigenvalue weighted by Gasteiger charge is 2.21. The van der Waals surface area contributed by atoms with Crippen molar-refractivity contribution in [3.05, 3.63) is 35.6 Å². The second kappa shape index (κ2) is 10.7. The molecule has 3 rings (SSSR count). The van der Waals surface area contributed by atoms with Gasteiger partial charge >= 0.3 is 5.97 Å². The predicted octanol–water partition coefficient (Wildman–Crippen LogP) is 2.27. The van der Waals surface area contributed by atoms with Crippen LogP contribution in [0.1, 0.15) is 55.2 Å². The zero-order valence-electron chi connectivity index (χ0n) is 17.7. The first-order valence-electron chi connectivity index (χ1n) is 10.6. The quantitative estimate of drug-likeness (QED) is 0.605. The van der Waals surface area contributed by atoms with Gasteiger partial charge in [-0.1, -0.05) is 12.1 Å². The fourth-order valence-electron chi connectivity index (χ4n) is 3.39. The molecule has 0 radical (unpaired) electrons. The third kappa shape index (κ3) is 5.77.